The first-order valence-electron chi connectivity index (χ1n) is 9.08. The maximum Gasteiger partial charge on any atom is 0.260 e. The number of hydrogen-bond donors (Lipinski definition) is 3. The molecule has 0 aromatic rings. The first-order chi connectivity index (χ1) is 11.5. The number of hydrogen-bond acceptors (Lipinski definition) is 5. The molecule has 4 fully saturated rings. The van der Waals surface area contributed by atoms with E-state index in [4.69, 9.17) is 16.4 Å². The van der Waals surface area contributed by atoms with Gasteiger partial charge in [-0.25, -0.2) is 4.39 Å². The lowest BCUT2D eigenvalue weighted by Gasteiger charge is -2.35. The van der Waals surface area contributed by atoms with Gasteiger partial charge in [0.2, 0.25) is 0 Å². The smallest absolute Gasteiger partial charge is 0.260 e. The molecule has 3 saturated heterocycles. The van der Waals surface area contributed by atoms with Crippen molar-refractivity contribution in [2.75, 3.05) is 19.6 Å². The zero-order valence-corrected chi connectivity index (χ0v) is 14.5. The van der Waals surface area contributed by atoms with Gasteiger partial charge >= 0.3 is 0 Å². The van der Waals surface area contributed by atoms with Crippen LogP contribution in [0.25, 0.3) is 0 Å². The largest absolute Gasteiger partial charge is 0.340 e. The first-order valence-corrected chi connectivity index (χ1v) is 9.52. The summed E-state index contributed by atoms with van der Waals surface area (Å²) in [4.78, 5) is 19.5. The molecule has 0 aromatic carbocycles. The predicted molar refractivity (Wildman–Crippen MR) is 87.7 cm³/mol. The van der Waals surface area contributed by atoms with E-state index in [0.717, 1.165) is 32.2 Å². The number of rotatable bonds is 3. The molecule has 1 amide bonds. The highest BCUT2D eigenvalue weighted by molar-refractivity contribution is 6.20. The second kappa shape index (κ2) is 6.68. The van der Waals surface area contributed by atoms with Crippen molar-refractivity contribution >= 4 is 17.5 Å². The summed E-state index contributed by atoms with van der Waals surface area (Å²) in [5, 5.41) is 6.78. The van der Waals surface area contributed by atoms with Crippen LogP contribution in [0.1, 0.15) is 38.5 Å². The lowest BCUT2D eigenvalue weighted by atomic mass is 9.92. The fraction of sp³-hybridized carbons (Fsp3) is 0.938. The van der Waals surface area contributed by atoms with Gasteiger partial charge in [0.15, 0.2) is 5.67 Å². The number of likely N-dealkylation sites (tertiary alicyclic amines) is 1. The lowest BCUT2D eigenvalue weighted by Crippen LogP contribution is -2.50. The van der Waals surface area contributed by atoms with E-state index in [-0.39, 0.29) is 23.8 Å². The number of amides is 1. The first kappa shape index (κ1) is 17.0. The second-order valence-corrected chi connectivity index (χ2v) is 8.13. The lowest BCUT2D eigenvalue weighted by molar-refractivity contribution is -0.139. The van der Waals surface area contributed by atoms with Gasteiger partial charge in [-0.05, 0) is 51.0 Å². The molecular formula is C16H26ClFN4O2. The second-order valence-electron chi connectivity index (χ2n) is 7.60. The van der Waals surface area contributed by atoms with Crippen molar-refractivity contribution in [3.63, 3.8) is 0 Å². The predicted octanol–water partition coefficient (Wildman–Crippen LogP) is 1.07. The van der Waals surface area contributed by atoms with E-state index in [1.807, 2.05) is 0 Å². The molecule has 8 heteroatoms. The van der Waals surface area contributed by atoms with Gasteiger partial charge in [-0.3, -0.25) is 14.9 Å². The Labute approximate surface area is 146 Å². The quantitative estimate of drug-likeness (QED) is 0.519. The average Bonchev–Trinajstić information content (AvgIpc) is 3.16. The Kier molecular flexibility index (Phi) is 4.73. The molecule has 6 nitrogen and oxygen atoms in total. The molecule has 4 unspecified atom stereocenters. The summed E-state index contributed by atoms with van der Waals surface area (Å²) in [7, 11) is 0. The molecule has 24 heavy (non-hydrogen) atoms. The van der Waals surface area contributed by atoms with E-state index in [1.165, 1.54) is 0 Å². The summed E-state index contributed by atoms with van der Waals surface area (Å²) in [6, 6.07) is 0. The Morgan fingerprint density at radius 3 is 2.62 bits per heavy atom. The number of hydroxylamine groups is 1. The summed E-state index contributed by atoms with van der Waals surface area (Å²) in [6.45, 7) is 2.18. The van der Waals surface area contributed by atoms with Crippen LogP contribution in [0.4, 0.5) is 4.39 Å². The van der Waals surface area contributed by atoms with Gasteiger partial charge in [0.05, 0.1) is 11.7 Å². The summed E-state index contributed by atoms with van der Waals surface area (Å²) in [5.41, 5.74) is 1.59. The monoisotopic (exact) mass is 360 g/mol. The van der Waals surface area contributed by atoms with Gasteiger partial charge in [0, 0.05) is 19.0 Å². The van der Waals surface area contributed by atoms with Gasteiger partial charge in [-0.15, -0.1) is 11.6 Å². The molecule has 136 valence electrons. The number of carbonyl (C=O) groups excluding carboxylic acids is 1. The molecule has 3 aliphatic heterocycles. The standard InChI is InChI=1S/C16H26ClFN4O2/c17-12-9-11(1-6-19-12)14-20-13(21-24-14)10-2-7-22(8-3-10)15(23)16(18)4-5-16/h10-14,19-21H,1-9H2. The minimum Gasteiger partial charge on any atom is -0.340 e. The van der Waals surface area contributed by atoms with Crippen molar-refractivity contribution in [1.82, 2.24) is 21.0 Å². The van der Waals surface area contributed by atoms with Crippen LogP contribution in [-0.4, -0.2) is 54.0 Å². The molecule has 1 saturated carbocycles. The average molecular weight is 361 g/mol. The van der Waals surface area contributed by atoms with Crippen molar-refractivity contribution in [3.05, 3.63) is 0 Å². The van der Waals surface area contributed by atoms with Gasteiger partial charge in [-0.1, -0.05) is 0 Å². The summed E-state index contributed by atoms with van der Waals surface area (Å²) >= 11 is 6.18. The van der Waals surface area contributed by atoms with E-state index < -0.39 is 5.67 Å². The van der Waals surface area contributed by atoms with Gasteiger partial charge < -0.3 is 10.2 Å². The Morgan fingerprint density at radius 1 is 1.21 bits per heavy atom. The molecule has 4 atom stereocenters. The van der Waals surface area contributed by atoms with Gasteiger partial charge in [0.25, 0.3) is 5.91 Å². The third-order valence-corrected chi connectivity index (χ3v) is 6.19. The van der Waals surface area contributed by atoms with Crippen molar-refractivity contribution in [2.24, 2.45) is 11.8 Å². The fourth-order valence-electron chi connectivity index (χ4n) is 4.07. The summed E-state index contributed by atoms with van der Waals surface area (Å²) in [5.74, 6) is 0.488. The zero-order chi connectivity index (χ0) is 16.7. The number of carbonyl (C=O) groups is 1. The van der Waals surface area contributed by atoms with Gasteiger partial charge in [0.1, 0.15) is 6.23 Å². The van der Waals surface area contributed by atoms with Crippen molar-refractivity contribution in [3.8, 4) is 0 Å². The summed E-state index contributed by atoms with van der Waals surface area (Å²) < 4.78 is 13.9. The Bertz CT molecular complexity index is 485. The normalized spacial score (nSPS) is 39.8. The van der Waals surface area contributed by atoms with Crippen molar-refractivity contribution < 1.29 is 14.0 Å². The highest BCUT2D eigenvalue weighted by Gasteiger charge is 2.53. The van der Waals surface area contributed by atoms with E-state index >= 15 is 0 Å². The molecule has 1 aliphatic carbocycles. The summed E-state index contributed by atoms with van der Waals surface area (Å²) in [6.07, 6.45) is 4.53. The Hall–Kier alpha value is -0.470. The van der Waals surface area contributed by atoms with Crippen LogP contribution in [0.5, 0.6) is 0 Å². The van der Waals surface area contributed by atoms with Crippen LogP contribution in [0, 0.1) is 11.8 Å². The topological polar surface area (TPSA) is 65.6 Å². The Morgan fingerprint density at radius 2 is 1.96 bits per heavy atom. The van der Waals surface area contributed by atoms with Crippen molar-refractivity contribution in [1.29, 1.82) is 0 Å². The number of piperidine rings is 2. The minimum absolute atomic E-state index is 0.0119. The van der Waals surface area contributed by atoms with Gasteiger partial charge in [-0.2, -0.15) is 5.48 Å². The van der Waals surface area contributed by atoms with Crippen LogP contribution in [0.2, 0.25) is 0 Å². The van der Waals surface area contributed by atoms with E-state index in [0.29, 0.717) is 37.8 Å². The SMILES string of the molecule is O=C(N1CCC(C2NOC(C3CCNC(Cl)C3)N2)CC1)C1(F)CC1. The van der Waals surface area contributed by atoms with Crippen LogP contribution in [0.15, 0.2) is 0 Å². The highest BCUT2D eigenvalue weighted by atomic mass is 35.5. The molecule has 4 aliphatic rings. The van der Waals surface area contributed by atoms with Crippen LogP contribution >= 0.6 is 11.6 Å². The molecule has 0 radical (unpaired) electrons. The maximum absolute atomic E-state index is 13.9. The van der Waals surface area contributed by atoms with Crippen LogP contribution in [0.3, 0.4) is 0 Å². The number of alkyl halides is 2. The maximum atomic E-state index is 13.9. The molecule has 0 bridgehead atoms. The van der Waals surface area contributed by atoms with E-state index in [9.17, 15) is 9.18 Å². The van der Waals surface area contributed by atoms with Crippen molar-refractivity contribution in [2.45, 2.75) is 62.1 Å². The number of nitrogens with one attached hydrogen (secondary N) is 3. The van der Waals surface area contributed by atoms with E-state index in [1.54, 1.807) is 4.90 Å². The molecule has 3 N–H and O–H groups in total. The third-order valence-electron chi connectivity index (χ3n) is 5.86. The fourth-order valence-corrected chi connectivity index (χ4v) is 4.40. The molecular weight excluding hydrogens is 335 g/mol. The van der Waals surface area contributed by atoms with Crippen LogP contribution in [-0.2, 0) is 9.63 Å². The zero-order valence-electron chi connectivity index (χ0n) is 13.8. The third kappa shape index (κ3) is 3.42. The molecule has 3 heterocycles. The molecule has 0 aromatic heterocycles. The van der Waals surface area contributed by atoms with Crippen LogP contribution < -0.4 is 16.1 Å². The van der Waals surface area contributed by atoms with E-state index in [2.05, 4.69) is 16.1 Å². The minimum atomic E-state index is -1.54. The molecule has 0 spiro atoms. The highest BCUT2D eigenvalue weighted by Crippen LogP contribution is 2.42. The number of nitrogens with zero attached hydrogens (tertiary/aromatic N) is 1. The molecule has 4 rings (SSSR count). The number of halogens is 2. The Balaban J connectivity index is 1.25.